The summed E-state index contributed by atoms with van der Waals surface area (Å²) in [6, 6.07) is 3.23. The molecule has 0 saturated carbocycles. The number of rotatable bonds is 8. The van der Waals surface area contributed by atoms with E-state index < -0.39 is 65.1 Å². The number of esters is 1. The van der Waals surface area contributed by atoms with E-state index in [-0.39, 0.29) is 0 Å². The highest BCUT2D eigenvalue weighted by atomic mass is 19.4. The van der Waals surface area contributed by atoms with Crippen molar-refractivity contribution < 1.29 is 71.7 Å². The molecule has 0 spiro atoms. The predicted octanol–water partition coefficient (Wildman–Crippen LogP) is 5.95. The van der Waals surface area contributed by atoms with Crippen molar-refractivity contribution in [2.75, 3.05) is 0 Å². The molecule has 1 N–H and O–H groups in total. The Bertz CT molecular complexity index is 875. The molecule has 1 rings (SSSR count). The number of alkyl halides is 13. The minimum absolute atomic E-state index is 0.296. The van der Waals surface area contributed by atoms with Gasteiger partial charge in [-0.3, -0.25) is 4.79 Å². The van der Waals surface area contributed by atoms with Crippen molar-refractivity contribution in [2.24, 2.45) is 0 Å². The molecule has 0 aliphatic heterocycles. The molecule has 0 amide bonds. The highest BCUT2D eigenvalue weighted by Crippen LogP contribution is 2.61. The third-order valence-electron chi connectivity index (χ3n) is 4.28. The smallest absolute Gasteiger partial charge is 0.427 e. The average Bonchev–Trinajstić information content (AvgIpc) is 2.58. The van der Waals surface area contributed by atoms with Gasteiger partial charge in [-0.15, -0.1) is 0 Å². The number of aliphatic hydroxyl groups is 1. The maximum absolute atomic E-state index is 14.1. The highest BCUT2D eigenvalue weighted by molar-refractivity contribution is 5.69. The van der Waals surface area contributed by atoms with E-state index in [4.69, 9.17) is 0 Å². The second kappa shape index (κ2) is 8.20. The summed E-state index contributed by atoms with van der Waals surface area (Å²) in [6.07, 6.45) is -10.4. The highest BCUT2D eigenvalue weighted by Gasteiger charge is 2.90. The number of benzene rings is 1. The molecular formula is C17H13F13O3. The first-order chi connectivity index (χ1) is 14.3. The van der Waals surface area contributed by atoms with Crippen molar-refractivity contribution in [3.05, 3.63) is 29.8 Å². The quantitative estimate of drug-likeness (QED) is 0.266. The number of carbonyl (C=O) groups is 1. The van der Waals surface area contributed by atoms with E-state index in [0.717, 1.165) is 25.1 Å². The van der Waals surface area contributed by atoms with Crippen molar-refractivity contribution in [3.63, 3.8) is 0 Å². The van der Waals surface area contributed by atoms with Gasteiger partial charge in [0, 0.05) is 6.92 Å². The van der Waals surface area contributed by atoms with Gasteiger partial charge in [0.05, 0.1) is 12.0 Å². The van der Waals surface area contributed by atoms with E-state index in [1.807, 2.05) is 0 Å². The molecular weight excluding hydrogens is 499 g/mol. The van der Waals surface area contributed by atoms with Crippen LogP contribution in [0.3, 0.4) is 0 Å². The topological polar surface area (TPSA) is 46.5 Å². The third kappa shape index (κ3) is 4.84. The molecule has 0 fully saturated rings. The first-order valence-corrected chi connectivity index (χ1v) is 8.32. The lowest BCUT2D eigenvalue weighted by Gasteiger charge is -2.41. The van der Waals surface area contributed by atoms with Gasteiger partial charge in [0.25, 0.3) is 0 Å². The van der Waals surface area contributed by atoms with Crippen LogP contribution in [0.5, 0.6) is 5.75 Å². The SMILES string of the molecule is CC(=O)Oc1cccc(C(C)(O)CC(F)(F)C(F)(F)C(F)(F)C(F)(F)C(F)(F)C(F)(F)F)c1. The Hall–Kier alpha value is -2.26. The van der Waals surface area contributed by atoms with E-state index in [1.165, 1.54) is 0 Å². The summed E-state index contributed by atoms with van der Waals surface area (Å²) < 4.78 is 176. The standard InChI is InChI=1S/C17H13F13O3/c1-8(31)33-10-5-3-4-9(6-10)11(2,32)7-12(18,19)13(20,21)14(22,23)15(24,25)16(26,27)17(28,29)30/h3-6,32H,7H2,1-2H3. The third-order valence-corrected chi connectivity index (χ3v) is 4.28. The number of carbonyl (C=O) groups excluding carboxylic acids is 1. The summed E-state index contributed by atoms with van der Waals surface area (Å²) >= 11 is 0. The van der Waals surface area contributed by atoms with Gasteiger partial charge in [-0.25, -0.2) is 0 Å². The summed E-state index contributed by atoms with van der Waals surface area (Å²) in [5, 5.41) is 10.1. The minimum atomic E-state index is -8.02. The molecule has 1 aromatic carbocycles. The van der Waals surface area contributed by atoms with Crippen molar-refractivity contribution >= 4 is 5.97 Å². The van der Waals surface area contributed by atoms with Gasteiger partial charge >= 0.3 is 41.8 Å². The Balaban J connectivity index is 3.44. The zero-order valence-corrected chi connectivity index (χ0v) is 16.2. The summed E-state index contributed by atoms with van der Waals surface area (Å²) in [7, 11) is 0. The van der Waals surface area contributed by atoms with Crippen LogP contribution in [0.15, 0.2) is 24.3 Å². The van der Waals surface area contributed by atoms with E-state index in [0.29, 0.717) is 13.0 Å². The number of halogens is 13. The molecule has 0 heterocycles. The summed E-state index contributed by atoms with van der Waals surface area (Å²) in [4.78, 5) is 10.9. The van der Waals surface area contributed by atoms with Crippen LogP contribution in [-0.4, -0.2) is 46.9 Å². The van der Waals surface area contributed by atoms with Crippen LogP contribution in [0.25, 0.3) is 0 Å². The van der Waals surface area contributed by atoms with E-state index in [9.17, 15) is 67.0 Å². The fourth-order valence-corrected chi connectivity index (χ4v) is 2.51. The molecule has 33 heavy (non-hydrogen) atoms. The Morgan fingerprint density at radius 3 is 1.70 bits per heavy atom. The van der Waals surface area contributed by atoms with Crippen LogP contribution in [0, 0.1) is 0 Å². The molecule has 0 aromatic heterocycles. The van der Waals surface area contributed by atoms with Gasteiger partial charge in [0.1, 0.15) is 5.75 Å². The van der Waals surface area contributed by atoms with Crippen LogP contribution < -0.4 is 4.74 Å². The van der Waals surface area contributed by atoms with Gasteiger partial charge in [0.2, 0.25) is 0 Å². The maximum Gasteiger partial charge on any atom is 0.460 e. The number of hydrogen-bond donors (Lipinski definition) is 1. The number of hydrogen-bond acceptors (Lipinski definition) is 3. The zero-order valence-electron chi connectivity index (χ0n) is 16.2. The Labute approximate surface area is 176 Å². The van der Waals surface area contributed by atoms with E-state index in [1.54, 1.807) is 0 Å². The van der Waals surface area contributed by atoms with Crippen LogP contribution >= 0.6 is 0 Å². The van der Waals surface area contributed by atoms with E-state index >= 15 is 0 Å². The average molecular weight is 512 g/mol. The van der Waals surface area contributed by atoms with Gasteiger partial charge in [-0.1, -0.05) is 12.1 Å². The molecule has 1 aromatic rings. The lowest BCUT2D eigenvalue weighted by Crippen LogP contribution is -2.70. The molecule has 0 aliphatic carbocycles. The predicted molar refractivity (Wildman–Crippen MR) is 82.7 cm³/mol. The molecule has 1 atom stereocenters. The first-order valence-electron chi connectivity index (χ1n) is 8.32. The van der Waals surface area contributed by atoms with Crippen LogP contribution in [0.1, 0.15) is 25.8 Å². The van der Waals surface area contributed by atoms with Crippen molar-refractivity contribution in [3.8, 4) is 5.75 Å². The van der Waals surface area contributed by atoms with E-state index in [2.05, 4.69) is 4.74 Å². The molecule has 0 radical (unpaired) electrons. The van der Waals surface area contributed by atoms with Crippen LogP contribution in [-0.2, 0) is 10.4 Å². The molecule has 1 unspecified atom stereocenters. The van der Waals surface area contributed by atoms with Crippen molar-refractivity contribution in [2.45, 2.75) is 61.7 Å². The van der Waals surface area contributed by atoms with Crippen LogP contribution in [0.4, 0.5) is 57.1 Å². The fourth-order valence-electron chi connectivity index (χ4n) is 2.51. The van der Waals surface area contributed by atoms with Gasteiger partial charge in [-0.2, -0.15) is 57.1 Å². The van der Waals surface area contributed by atoms with Crippen LogP contribution in [0.2, 0.25) is 0 Å². The van der Waals surface area contributed by atoms with Gasteiger partial charge in [-0.05, 0) is 24.6 Å². The molecule has 0 aliphatic rings. The molecule has 0 bridgehead atoms. The van der Waals surface area contributed by atoms with Gasteiger partial charge < -0.3 is 9.84 Å². The molecule has 3 nitrogen and oxygen atoms in total. The Morgan fingerprint density at radius 1 is 0.818 bits per heavy atom. The van der Waals surface area contributed by atoms with Gasteiger partial charge in [0.15, 0.2) is 0 Å². The molecule has 190 valence electrons. The van der Waals surface area contributed by atoms with Crippen molar-refractivity contribution in [1.82, 2.24) is 0 Å². The minimum Gasteiger partial charge on any atom is -0.427 e. The Morgan fingerprint density at radius 2 is 1.27 bits per heavy atom. The zero-order chi connectivity index (χ0) is 26.5. The first kappa shape index (κ1) is 28.8. The summed E-state index contributed by atoms with van der Waals surface area (Å²) in [5.74, 6) is -39.2. The molecule has 0 saturated heterocycles. The lowest BCUT2D eigenvalue weighted by molar-refractivity contribution is -0.441. The fraction of sp³-hybridized carbons (Fsp3) is 0.588. The summed E-state index contributed by atoms with van der Waals surface area (Å²) in [6.45, 7) is 1.17. The van der Waals surface area contributed by atoms with Crippen molar-refractivity contribution in [1.29, 1.82) is 0 Å². The second-order valence-corrected chi connectivity index (χ2v) is 7.07. The normalized spacial score (nSPS) is 16.4. The monoisotopic (exact) mass is 512 g/mol. The Kier molecular flexibility index (Phi) is 7.15. The second-order valence-electron chi connectivity index (χ2n) is 7.07. The lowest BCUT2D eigenvalue weighted by atomic mass is 9.84. The largest absolute Gasteiger partial charge is 0.460 e. The molecule has 16 heteroatoms. The maximum atomic E-state index is 14.1. The summed E-state index contributed by atoms with van der Waals surface area (Å²) in [5.41, 5.74) is -4.10. The number of ether oxygens (including phenoxy) is 1.